The van der Waals surface area contributed by atoms with E-state index in [0.29, 0.717) is 16.7 Å². The van der Waals surface area contributed by atoms with Crippen LogP contribution in [-0.2, 0) is 21.6 Å². The summed E-state index contributed by atoms with van der Waals surface area (Å²) in [5.74, 6) is 0.907. The van der Waals surface area contributed by atoms with Gasteiger partial charge < -0.3 is 10.1 Å². The fourth-order valence-corrected chi connectivity index (χ4v) is 2.73. The number of nitrogens with one attached hydrogen (secondary N) is 1. The Bertz CT molecular complexity index is 949. The van der Waals surface area contributed by atoms with Crippen LogP contribution < -0.4 is 5.32 Å². The van der Waals surface area contributed by atoms with Crippen LogP contribution in [-0.4, -0.2) is 27.3 Å². The molecule has 0 atom stereocenters. The molecular weight excluding hydrogens is 376 g/mol. The maximum absolute atomic E-state index is 12.4. The molecule has 0 radical (unpaired) electrons. The fraction of sp³-hybridized carbons (Fsp3) is 0.286. The van der Waals surface area contributed by atoms with E-state index in [0.717, 1.165) is 11.3 Å². The molecule has 0 unspecified atom stereocenters. The summed E-state index contributed by atoms with van der Waals surface area (Å²) in [4.78, 5) is 16.7. The van der Waals surface area contributed by atoms with Gasteiger partial charge in [0.2, 0.25) is 0 Å². The maximum atomic E-state index is 12.4. The molecule has 146 valence electrons. The van der Waals surface area contributed by atoms with Crippen molar-refractivity contribution in [3.8, 4) is 5.82 Å². The lowest BCUT2D eigenvalue weighted by Gasteiger charge is -2.13. The van der Waals surface area contributed by atoms with Crippen molar-refractivity contribution in [1.82, 2.24) is 14.8 Å². The predicted molar refractivity (Wildman–Crippen MR) is 110 cm³/mol. The van der Waals surface area contributed by atoms with Crippen LogP contribution in [0.25, 0.3) is 5.82 Å². The number of pyridine rings is 1. The summed E-state index contributed by atoms with van der Waals surface area (Å²) in [5.41, 5.74) is 1.52. The molecule has 3 rings (SSSR count). The lowest BCUT2D eigenvalue weighted by molar-refractivity contribution is -0.121. The van der Waals surface area contributed by atoms with Gasteiger partial charge in [-0.2, -0.15) is 9.78 Å². The number of carbonyl (C=O) groups excluding carboxylic acids is 1. The molecule has 0 aliphatic heterocycles. The SMILES string of the molecule is CC(C)(C)c1cc(NC(=O)COCc2ccccc2Cl)n(-c2ccccn2)n1. The first kappa shape index (κ1) is 20.0. The number of carbonyl (C=O) groups is 1. The largest absolute Gasteiger partial charge is 0.367 e. The maximum Gasteiger partial charge on any atom is 0.251 e. The number of amides is 1. The molecule has 1 N–H and O–H groups in total. The second-order valence-corrected chi connectivity index (χ2v) is 7.80. The molecule has 2 heterocycles. The first-order valence-electron chi connectivity index (χ1n) is 8.97. The van der Waals surface area contributed by atoms with Crippen molar-refractivity contribution < 1.29 is 9.53 Å². The van der Waals surface area contributed by atoms with E-state index in [2.05, 4.69) is 36.2 Å². The molecule has 0 saturated carbocycles. The van der Waals surface area contributed by atoms with E-state index in [4.69, 9.17) is 16.3 Å². The van der Waals surface area contributed by atoms with Crippen molar-refractivity contribution in [1.29, 1.82) is 0 Å². The minimum absolute atomic E-state index is 0.0938. The van der Waals surface area contributed by atoms with Gasteiger partial charge >= 0.3 is 0 Å². The highest BCUT2D eigenvalue weighted by molar-refractivity contribution is 6.31. The zero-order chi connectivity index (χ0) is 20.1. The van der Waals surface area contributed by atoms with Crippen molar-refractivity contribution >= 4 is 23.3 Å². The summed E-state index contributed by atoms with van der Waals surface area (Å²) in [6.07, 6.45) is 1.69. The number of nitrogens with zero attached hydrogens (tertiary/aromatic N) is 3. The van der Waals surface area contributed by atoms with E-state index in [1.54, 1.807) is 16.9 Å². The molecule has 0 aliphatic rings. The summed E-state index contributed by atoms with van der Waals surface area (Å²) >= 11 is 6.10. The highest BCUT2D eigenvalue weighted by atomic mass is 35.5. The molecule has 0 bridgehead atoms. The molecule has 0 fully saturated rings. The average Bonchev–Trinajstić information content (AvgIpc) is 3.08. The number of ether oxygens (including phenoxy) is 1. The molecule has 0 aliphatic carbocycles. The smallest absolute Gasteiger partial charge is 0.251 e. The summed E-state index contributed by atoms with van der Waals surface area (Å²) in [6.45, 7) is 6.37. The minimum Gasteiger partial charge on any atom is -0.367 e. The van der Waals surface area contributed by atoms with E-state index in [1.807, 2.05) is 42.5 Å². The molecule has 1 amide bonds. The highest BCUT2D eigenvalue weighted by Gasteiger charge is 2.21. The summed E-state index contributed by atoms with van der Waals surface area (Å²) < 4.78 is 7.14. The van der Waals surface area contributed by atoms with E-state index < -0.39 is 0 Å². The topological polar surface area (TPSA) is 69.0 Å². The molecule has 0 saturated heterocycles. The molecule has 7 heteroatoms. The van der Waals surface area contributed by atoms with Crippen molar-refractivity contribution in [3.63, 3.8) is 0 Å². The fourth-order valence-electron chi connectivity index (χ4n) is 2.54. The molecule has 0 spiro atoms. The van der Waals surface area contributed by atoms with E-state index >= 15 is 0 Å². The monoisotopic (exact) mass is 398 g/mol. The van der Waals surface area contributed by atoms with E-state index in [9.17, 15) is 4.79 Å². The van der Waals surface area contributed by atoms with Crippen LogP contribution in [0.3, 0.4) is 0 Å². The number of hydrogen-bond acceptors (Lipinski definition) is 4. The first-order chi connectivity index (χ1) is 13.3. The Balaban J connectivity index is 1.71. The number of halogens is 1. The van der Waals surface area contributed by atoms with Crippen LogP contribution in [0.2, 0.25) is 5.02 Å². The molecule has 28 heavy (non-hydrogen) atoms. The number of rotatable bonds is 6. The van der Waals surface area contributed by atoms with Gasteiger partial charge in [-0.3, -0.25) is 4.79 Å². The lowest BCUT2D eigenvalue weighted by atomic mass is 9.92. The van der Waals surface area contributed by atoms with Gasteiger partial charge in [0.1, 0.15) is 12.4 Å². The Labute approximate surface area is 169 Å². The van der Waals surface area contributed by atoms with Crippen molar-refractivity contribution in [2.24, 2.45) is 0 Å². The Kier molecular flexibility index (Phi) is 6.11. The summed E-state index contributed by atoms with van der Waals surface area (Å²) in [5, 5.41) is 8.11. The van der Waals surface area contributed by atoms with Gasteiger partial charge in [0.05, 0.1) is 12.3 Å². The van der Waals surface area contributed by atoms with Crippen LogP contribution in [0, 0.1) is 0 Å². The van der Waals surface area contributed by atoms with Crippen LogP contribution in [0.15, 0.2) is 54.7 Å². The third-order valence-corrected chi connectivity index (χ3v) is 4.43. The first-order valence-corrected chi connectivity index (χ1v) is 9.35. The number of benzene rings is 1. The summed E-state index contributed by atoms with van der Waals surface area (Å²) in [7, 11) is 0. The standard InChI is InChI=1S/C21H23ClN4O2/c1-21(2,3)17-12-19(26(25-17)18-10-6-7-11-23-18)24-20(27)14-28-13-15-8-4-5-9-16(15)22/h4-12H,13-14H2,1-3H3,(H,24,27). The lowest BCUT2D eigenvalue weighted by Crippen LogP contribution is -2.20. The normalized spacial score (nSPS) is 11.4. The second kappa shape index (κ2) is 8.54. The molecule has 6 nitrogen and oxygen atoms in total. The third-order valence-electron chi connectivity index (χ3n) is 4.06. The highest BCUT2D eigenvalue weighted by Crippen LogP contribution is 2.25. The van der Waals surface area contributed by atoms with E-state index in [-0.39, 0.29) is 24.5 Å². The molecule has 1 aromatic carbocycles. The minimum atomic E-state index is -0.274. The van der Waals surface area contributed by atoms with E-state index in [1.165, 1.54) is 0 Å². The van der Waals surface area contributed by atoms with Crippen molar-refractivity contribution in [3.05, 3.63) is 71.0 Å². The summed E-state index contributed by atoms with van der Waals surface area (Å²) in [6, 6.07) is 14.8. The quantitative estimate of drug-likeness (QED) is 0.669. The Morgan fingerprint density at radius 2 is 1.93 bits per heavy atom. The van der Waals surface area contributed by atoms with Crippen LogP contribution in [0.4, 0.5) is 5.82 Å². The van der Waals surface area contributed by atoms with Gasteiger partial charge in [-0.05, 0) is 23.8 Å². The third kappa shape index (κ3) is 4.97. The number of aromatic nitrogens is 3. The van der Waals surface area contributed by atoms with Gasteiger partial charge in [-0.15, -0.1) is 0 Å². The average molecular weight is 399 g/mol. The Hall–Kier alpha value is -2.70. The Morgan fingerprint density at radius 1 is 1.18 bits per heavy atom. The van der Waals surface area contributed by atoms with Gasteiger partial charge in [-0.25, -0.2) is 4.98 Å². The van der Waals surface area contributed by atoms with Gasteiger partial charge in [0.15, 0.2) is 5.82 Å². The zero-order valence-electron chi connectivity index (χ0n) is 16.1. The van der Waals surface area contributed by atoms with Crippen molar-refractivity contribution in [2.45, 2.75) is 32.8 Å². The number of anilines is 1. The van der Waals surface area contributed by atoms with Gasteiger partial charge in [0, 0.05) is 22.7 Å². The van der Waals surface area contributed by atoms with Gasteiger partial charge in [-0.1, -0.05) is 56.6 Å². The second-order valence-electron chi connectivity index (χ2n) is 7.40. The molecule has 2 aromatic heterocycles. The molecule has 3 aromatic rings. The predicted octanol–water partition coefficient (Wildman–Crippen LogP) is 4.37. The van der Waals surface area contributed by atoms with Gasteiger partial charge in [0.25, 0.3) is 5.91 Å². The van der Waals surface area contributed by atoms with Crippen LogP contribution in [0.1, 0.15) is 32.0 Å². The molecular formula is C21H23ClN4O2. The van der Waals surface area contributed by atoms with Crippen LogP contribution >= 0.6 is 11.6 Å². The van der Waals surface area contributed by atoms with Crippen molar-refractivity contribution in [2.75, 3.05) is 11.9 Å². The Morgan fingerprint density at radius 3 is 2.61 bits per heavy atom. The van der Waals surface area contributed by atoms with Crippen LogP contribution in [0.5, 0.6) is 0 Å². The zero-order valence-corrected chi connectivity index (χ0v) is 16.9. The number of hydrogen-bond donors (Lipinski definition) is 1.